The first-order chi connectivity index (χ1) is 6.86. The lowest BCUT2D eigenvalue weighted by Crippen LogP contribution is -2.11. The molecule has 1 rings (SSSR count). The van der Waals surface area contributed by atoms with Crippen LogP contribution in [0.5, 0.6) is 5.75 Å². The lowest BCUT2D eigenvalue weighted by molar-refractivity contribution is 0.278. The van der Waals surface area contributed by atoms with Crippen LogP contribution in [0.15, 0.2) is 24.3 Å². The summed E-state index contributed by atoms with van der Waals surface area (Å²) >= 11 is 0. The highest BCUT2D eigenvalue weighted by Gasteiger charge is 1.95. The number of nitrogens with one attached hydrogen (secondary N) is 1. The molecule has 0 aliphatic carbocycles. The summed E-state index contributed by atoms with van der Waals surface area (Å²) in [7, 11) is 1.92. The third kappa shape index (κ3) is 3.77. The van der Waals surface area contributed by atoms with Gasteiger partial charge in [-0.2, -0.15) is 0 Å². The molecule has 0 atom stereocenters. The zero-order chi connectivity index (χ0) is 10.2. The first-order valence-electron chi connectivity index (χ1n) is 4.84. The van der Waals surface area contributed by atoms with Crippen molar-refractivity contribution < 1.29 is 9.84 Å². The standard InChI is InChI=1S/C11H17NO2/c1-12-6-3-7-14-11-5-2-4-10(8-11)9-13/h2,4-5,8,12-13H,3,6-7,9H2,1H3. The molecule has 3 nitrogen and oxygen atoms in total. The van der Waals surface area contributed by atoms with E-state index in [4.69, 9.17) is 9.84 Å². The number of hydrogen-bond acceptors (Lipinski definition) is 3. The van der Waals surface area contributed by atoms with Crippen LogP contribution < -0.4 is 10.1 Å². The molecule has 0 aliphatic heterocycles. The van der Waals surface area contributed by atoms with Crippen molar-refractivity contribution in [3.63, 3.8) is 0 Å². The van der Waals surface area contributed by atoms with Crippen LogP contribution in [0.2, 0.25) is 0 Å². The fourth-order valence-electron chi connectivity index (χ4n) is 1.17. The third-order valence-electron chi connectivity index (χ3n) is 1.92. The van der Waals surface area contributed by atoms with Crippen molar-refractivity contribution in [1.29, 1.82) is 0 Å². The van der Waals surface area contributed by atoms with E-state index in [0.29, 0.717) is 6.61 Å². The molecule has 14 heavy (non-hydrogen) atoms. The van der Waals surface area contributed by atoms with E-state index < -0.39 is 0 Å². The Hall–Kier alpha value is -1.06. The van der Waals surface area contributed by atoms with Gasteiger partial charge in [-0.05, 0) is 37.7 Å². The van der Waals surface area contributed by atoms with Crippen LogP contribution in [0.25, 0.3) is 0 Å². The van der Waals surface area contributed by atoms with Gasteiger partial charge in [0.1, 0.15) is 5.75 Å². The molecule has 3 heteroatoms. The largest absolute Gasteiger partial charge is 0.494 e. The minimum atomic E-state index is 0.0632. The van der Waals surface area contributed by atoms with Gasteiger partial charge in [-0.25, -0.2) is 0 Å². The van der Waals surface area contributed by atoms with E-state index in [9.17, 15) is 0 Å². The summed E-state index contributed by atoms with van der Waals surface area (Å²) in [5.74, 6) is 0.827. The van der Waals surface area contributed by atoms with Crippen LogP contribution in [0.3, 0.4) is 0 Å². The maximum absolute atomic E-state index is 8.91. The second kappa shape index (κ2) is 6.40. The summed E-state index contributed by atoms with van der Waals surface area (Å²) in [6, 6.07) is 7.53. The van der Waals surface area contributed by atoms with Gasteiger partial charge in [-0.15, -0.1) is 0 Å². The molecule has 0 radical (unpaired) electrons. The fourth-order valence-corrected chi connectivity index (χ4v) is 1.17. The molecule has 0 amide bonds. The molecular formula is C11H17NO2. The SMILES string of the molecule is CNCCCOc1cccc(CO)c1. The highest BCUT2D eigenvalue weighted by Crippen LogP contribution is 2.13. The summed E-state index contributed by atoms with van der Waals surface area (Å²) < 4.78 is 5.50. The summed E-state index contributed by atoms with van der Waals surface area (Å²) in [5.41, 5.74) is 0.885. The number of rotatable bonds is 6. The Morgan fingerprint density at radius 3 is 3.00 bits per heavy atom. The fraction of sp³-hybridized carbons (Fsp3) is 0.455. The zero-order valence-electron chi connectivity index (χ0n) is 8.49. The van der Waals surface area contributed by atoms with Crippen molar-refractivity contribution in [2.45, 2.75) is 13.0 Å². The molecule has 0 heterocycles. The molecule has 1 aromatic rings. The van der Waals surface area contributed by atoms with Crippen LogP contribution in [-0.4, -0.2) is 25.3 Å². The zero-order valence-corrected chi connectivity index (χ0v) is 8.49. The van der Waals surface area contributed by atoms with E-state index in [0.717, 1.165) is 24.3 Å². The summed E-state index contributed by atoms with van der Waals surface area (Å²) in [6.45, 7) is 1.73. The van der Waals surface area contributed by atoms with Crippen LogP contribution in [0.4, 0.5) is 0 Å². The highest BCUT2D eigenvalue weighted by atomic mass is 16.5. The Morgan fingerprint density at radius 2 is 2.29 bits per heavy atom. The van der Waals surface area contributed by atoms with Gasteiger partial charge in [-0.1, -0.05) is 12.1 Å². The molecule has 0 aliphatic rings. The minimum Gasteiger partial charge on any atom is -0.494 e. The van der Waals surface area contributed by atoms with Crippen LogP contribution in [-0.2, 0) is 6.61 Å². The number of hydrogen-bond donors (Lipinski definition) is 2. The second-order valence-electron chi connectivity index (χ2n) is 3.11. The van der Waals surface area contributed by atoms with Crippen molar-refractivity contribution in [2.24, 2.45) is 0 Å². The average molecular weight is 195 g/mol. The molecule has 0 bridgehead atoms. The first kappa shape index (κ1) is 11.0. The third-order valence-corrected chi connectivity index (χ3v) is 1.92. The maximum atomic E-state index is 8.91. The average Bonchev–Trinajstić information content (AvgIpc) is 2.25. The number of aliphatic hydroxyl groups is 1. The van der Waals surface area contributed by atoms with Gasteiger partial charge in [0.05, 0.1) is 13.2 Å². The maximum Gasteiger partial charge on any atom is 0.119 e. The van der Waals surface area contributed by atoms with Gasteiger partial charge in [0.2, 0.25) is 0 Å². The first-order valence-corrected chi connectivity index (χ1v) is 4.84. The summed E-state index contributed by atoms with van der Waals surface area (Å²) in [4.78, 5) is 0. The Kier molecular flexibility index (Phi) is 5.04. The van der Waals surface area contributed by atoms with Crippen LogP contribution in [0.1, 0.15) is 12.0 Å². The van der Waals surface area contributed by atoms with E-state index >= 15 is 0 Å². The topological polar surface area (TPSA) is 41.5 Å². The highest BCUT2D eigenvalue weighted by molar-refractivity contribution is 5.27. The molecule has 2 N–H and O–H groups in total. The minimum absolute atomic E-state index is 0.0632. The summed E-state index contributed by atoms with van der Waals surface area (Å²) in [6.07, 6.45) is 0.986. The molecular weight excluding hydrogens is 178 g/mol. The predicted octanol–water partition coefficient (Wildman–Crippen LogP) is 1.17. The number of benzene rings is 1. The van der Waals surface area contributed by atoms with Gasteiger partial charge in [0, 0.05) is 0 Å². The monoisotopic (exact) mass is 195 g/mol. The Labute approximate surface area is 84.7 Å². The van der Waals surface area contributed by atoms with Crippen molar-refractivity contribution in [3.8, 4) is 5.75 Å². The second-order valence-corrected chi connectivity index (χ2v) is 3.11. The molecule has 0 fully saturated rings. The van der Waals surface area contributed by atoms with Crippen molar-refractivity contribution in [3.05, 3.63) is 29.8 Å². The Morgan fingerprint density at radius 1 is 1.43 bits per heavy atom. The summed E-state index contributed by atoms with van der Waals surface area (Å²) in [5, 5.41) is 12.0. The van der Waals surface area contributed by atoms with E-state index in [-0.39, 0.29) is 6.61 Å². The van der Waals surface area contributed by atoms with Gasteiger partial charge in [0.25, 0.3) is 0 Å². The van der Waals surface area contributed by atoms with Gasteiger partial charge >= 0.3 is 0 Å². The van der Waals surface area contributed by atoms with Crippen LogP contribution in [0, 0.1) is 0 Å². The lowest BCUT2D eigenvalue weighted by atomic mass is 10.2. The molecule has 1 aromatic carbocycles. The van der Waals surface area contributed by atoms with E-state index in [1.807, 2.05) is 31.3 Å². The van der Waals surface area contributed by atoms with Gasteiger partial charge < -0.3 is 15.2 Å². The van der Waals surface area contributed by atoms with Crippen molar-refractivity contribution >= 4 is 0 Å². The smallest absolute Gasteiger partial charge is 0.119 e. The molecule has 0 spiro atoms. The molecule has 0 unspecified atom stereocenters. The lowest BCUT2D eigenvalue weighted by Gasteiger charge is -2.06. The predicted molar refractivity (Wildman–Crippen MR) is 56.4 cm³/mol. The normalized spacial score (nSPS) is 10.1. The molecule has 0 saturated heterocycles. The van der Waals surface area contributed by atoms with Crippen LogP contribution >= 0.6 is 0 Å². The van der Waals surface area contributed by atoms with Gasteiger partial charge in [0.15, 0.2) is 0 Å². The van der Waals surface area contributed by atoms with Gasteiger partial charge in [-0.3, -0.25) is 0 Å². The van der Waals surface area contributed by atoms with E-state index in [1.165, 1.54) is 0 Å². The number of aliphatic hydroxyl groups excluding tert-OH is 1. The van der Waals surface area contributed by atoms with E-state index in [1.54, 1.807) is 0 Å². The molecule has 0 saturated carbocycles. The molecule has 78 valence electrons. The van der Waals surface area contributed by atoms with Crippen molar-refractivity contribution in [2.75, 3.05) is 20.2 Å². The van der Waals surface area contributed by atoms with Crippen molar-refractivity contribution in [1.82, 2.24) is 5.32 Å². The van der Waals surface area contributed by atoms with E-state index in [2.05, 4.69) is 5.32 Å². The quantitative estimate of drug-likeness (QED) is 0.669. The molecule has 0 aromatic heterocycles. The number of ether oxygens (including phenoxy) is 1. The Bertz CT molecular complexity index is 263. The Balaban J connectivity index is 2.34.